The molecule has 0 radical (unpaired) electrons. The SMILES string of the molecule is CNCc1ccc(N2CCS(=O)CC2)cc1Cl. The smallest absolute Gasteiger partial charge is 0.0471 e. The molecule has 3 nitrogen and oxygen atoms in total. The monoisotopic (exact) mass is 272 g/mol. The molecule has 94 valence electrons. The van der Waals surface area contributed by atoms with Gasteiger partial charge in [0.1, 0.15) is 0 Å². The van der Waals surface area contributed by atoms with Gasteiger partial charge in [-0.15, -0.1) is 0 Å². The Morgan fingerprint density at radius 3 is 2.71 bits per heavy atom. The zero-order chi connectivity index (χ0) is 12.3. The zero-order valence-electron chi connectivity index (χ0n) is 9.91. The highest BCUT2D eigenvalue weighted by Crippen LogP contribution is 2.24. The van der Waals surface area contributed by atoms with Gasteiger partial charge in [0.25, 0.3) is 0 Å². The topological polar surface area (TPSA) is 32.3 Å². The minimum absolute atomic E-state index is 0.632. The molecule has 0 unspecified atom stereocenters. The third-order valence-electron chi connectivity index (χ3n) is 2.95. The van der Waals surface area contributed by atoms with E-state index in [2.05, 4.69) is 22.3 Å². The van der Waals surface area contributed by atoms with Crippen molar-refractivity contribution in [2.75, 3.05) is 36.5 Å². The van der Waals surface area contributed by atoms with Gasteiger partial charge in [-0.1, -0.05) is 17.7 Å². The summed E-state index contributed by atoms with van der Waals surface area (Å²) in [6.07, 6.45) is 0. The molecule has 2 rings (SSSR count). The fourth-order valence-corrected chi connectivity index (χ4v) is 3.26. The maximum absolute atomic E-state index is 11.3. The van der Waals surface area contributed by atoms with Gasteiger partial charge in [0.15, 0.2) is 0 Å². The maximum Gasteiger partial charge on any atom is 0.0471 e. The highest BCUT2D eigenvalue weighted by Gasteiger charge is 2.16. The molecule has 1 aliphatic rings. The van der Waals surface area contributed by atoms with Crippen molar-refractivity contribution in [1.29, 1.82) is 0 Å². The first-order valence-electron chi connectivity index (χ1n) is 5.73. The molecular formula is C12H17ClN2OS. The summed E-state index contributed by atoms with van der Waals surface area (Å²) in [5.74, 6) is 1.52. The van der Waals surface area contributed by atoms with Crippen LogP contribution in [0.3, 0.4) is 0 Å². The van der Waals surface area contributed by atoms with Gasteiger partial charge >= 0.3 is 0 Å². The molecule has 0 aliphatic carbocycles. The van der Waals surface area contributed by atoms with E-state index < -0.39 is 10.8 Å². The Bertz CT molecular complexity index is 415. The van der Waals surface area contributed by atoms with Crippen molar-refractivity contribution >= 4 is 28.1 Å². The Morgan fingerprint density at radius 1 is 1.41 bits per heavy atom. The van der Waals surface area contributed by atoms with Crippen LogP contribution in [0.2, 0.25) is 5.02 Å². The second-order valence-corrected chi connectivity index (χ2v) is 6.24. The van der Waals surface area contributed by atoms with Gasteiger partial charge in [-0.2, -0.15) is 0 Å². The van der Waals surface area contributed by atoms with Gasteiger partial charge in [-0.25, -0.2) is 0 Å². The number of anilines is 1. The fourth-order valence-electron chi connectivity index (χ4n) is 1.96. The lowest BCUT2D eigenvalue weighted by atomic mass is 10.2. The number of hydrogen-bond acceptors (Lipinski definition) is 3. The zero-order valence-corrected chi connectivity index (χ0v) is 11.5. The number of rotatable bonds is 3. The van der Waals surface area contributed by atoms with Gasteiger partial charge in [-0.05, 0) is 24.7 Å². The van der Waals surface area contributed by atoms with Crippen molar-refractivity contribution in [3.8, 4) is 0 Å². The Kier molecular flexibility index (Phi) is 4.42. The molecule has 1 fully saturated rings. The van der Waals surface area contributed by atoms with Gasteiger partial charge < -0.3 is 10.2 Å². The maximum atomic E-state index is 11.3. The number of benzene rings is 1. The number of halogens is 1. The predicted octanol–water partition coefficient (Wildman–Crippen LogP) is 1.63. The summed E-state index contributed by atoms with van der Waals surface area (Å²) in [5, 5.41) is 3.89. The van der Waals surface area contributed by atoms with Crippen LogP contribution in [-0.4, -0.2) is 35.9 Å². The largest absolute Gasteiger partial charge is 0.370 e. The standard InChI is InChI=1S/C12H17ClN2OS/c1-14-9-10-2-3-11(8-12(10)13)15-4-6-17(16)7-5-15/h2-3,8,14H,4-7,9H2,1H3. The van der Waals surface area contributed by atoms with Crippen LogP contribution in [-0.2, 0) is 17.3 Å². The molecule has 1 aromatic rings. The van der Waals surface area contributed by atoms with Crippen LogP contribution < -0.4 is 10.2 Å². The van der Waals surface area contributed by atoms with Gasteiger partial charge in [0, 0.05) is 52.6 Å². The van der Waals surface area contributed by atoms with E-state index in [0.29, 0.717) is 0 Å². The Balaban J connectivity index is 2.11. The molecular weight excluding hydrogens is 256 g/mol. The average molecular weight is 273 g/mol. The van der Waals surface area contributed by atoms with Gasteiger partial charge in [0.05, 0.1) is 0 Å². The van der Waals surface area contributed by atoms with Crippen LogP contribution in [0.5, 0.6) is 0 Å². The molecule has 0 spiro atoms. The summed E-state index contributed by atoms with van der Waals surface area (Å²) < 4.78 is 11.3. The lowest BCUT2D eigenvalue weighted by molar-refractivity contribution is 0.673. The first-order valence-corrected chi connectivity index (χ1v) is 7.60. The molecule has 0 saturated carbocycles. The fraction of sp³-hybridized carbons (Fsp3) is 0.500. The van der Waals surface area contributed by atoms with Crippen LogP contribution in [0.1, 0.15) is 5.56 Å². The highest BCUT2D eigenvalue weighted by molar-refractivity contribution is 7.85. The average Bonchev–Trinajstić information content (AvgIpc) is 2.33. The minimum atomic E-state index is -0.632. The van der Waals surface area contributed by atoms with E-state index in [1.54, 1.807) is 0 Å². The first-order chi connectivity index (χ1) is 8.20. The molecule has 17 heavy (non-hydrogen) atoms. The van der Waals surface area contributed by atoms with Crippen LogP contribution in [0.25, 0.3) is 0 Å². The summed E-state index contributed by atoms with van der Waals surface area (Å²) in [6, 6.07) is 6.15. The first kappa shape index (κ1) is 12.9. The number of nitrogens with zero attached hydrogens (tertiary/aromatic N) is 1. The molecule has 1 aliphatic heterocycles. The van der Waals surface area contributed by atoms with Crippen molar-refractivity contribution in [2.24, 2.45) is 0 Å². The normalized spacial score (nSPS) is 17.4. The molecule has 1 N–H and O–H groups in total. The molecule has 0 bridgehead atoms. The lowest BCUT2D eigenvalue weighted by Gasteiger charge is -2.28. The van der Waals surface area contributed by atoms with Crippen molar-refractivity contribution in [1.82, 2.24) is 5.32 Å². The van der Waals surface area contributed by atoms with E-state index in [1.807, 2.05) is 13.1 Å². The van der Waals surface area contributed by atoms with E-state index in [9.17, 15) is 4.21 Å². The summed E-state index contributed by atoms with van der Waals surface area (Å²) in [7, 11) is 1.27. The van der Waals surface area contributed by atoms with Gasteiger partial charge in [0.2, 0.25) is 0 Å². The highest BCUT2D eigenvalue weighted by atomic mass is 35.5. The van der Waals surface area contributed by atoms with E-state index >= 15 is 0 Å². The Labute approximate surface area is 110 Å². The van der Waals surface area contributed by atoms with E-state index in [0.717, 1.165) is 47.4 Å². The Hall–Kier alpha value is -0.580. The van der Waals surface area contributed by atoms with E-state index in [-0.39, 0.29) is 0 Å². The summed E-state index contributed by atoms with van der Waals surface area (Å²) in [5.41, 5.74) is 2.24. The lowest BCUT2D eigenvalue weighted by Crippen LogP contribution is -2.37. The van der Waals surface area contributed by atoms with Crippen molar-refractivity contribution in [3.63, 3.8) is 0 Å². The van der Waals surface area contributed by atoms with Gasteiger partial charge in [-0.3, -0.25) is 4.21 Å². The quantitative estimate of drug-likeness (QED) is 0.908. The van der Waals surface area contributed by atoms with Crippen molar-refractivity contribution in [3.05, 3.63) is 28.8 Å². The summed E-state index contributed by atoms with van der Waals surface area (Å²) in [4.78, 5) is 2.25. The van der Waals surface area contributed by atoms with E-state index in [1.165, 1.54) is 0 Å². The molecule has 1 heterocycles. The van der Waals surface area contributed by atoms with Crippen molar-refractivity contribution < 1.29 is 4.21 Å². The van der Waals surface area contributed by atoms with Crippen molar-refractivity contribution in [2.45, 2.75) is 6.54 Å². The summed E-state index contributed by atoms with van der Waals surface area (Å²) in [6.45, 7) is 2.49. The minimum Gasteiger partial charge on any atom is -0.370 e. The predicted molar refractivity (Wildman–Crippen MR) is 74.3 cm³/mol. The number of nitrogens with one attached hydrogen (secondary N) is 1. The second kappa shape index (κ2) is 5.85. The molecule has 0 amide bonds. The van der Waals surface area contributed by atoms with Crippen LogP contribution in [0, 0.1) is 0 Å². The molecule has 0 aromatic heterocycles. The number of hydrogen-bond donors (Lipinski definition) is 1. The molecule has 5 heteroatoms. The third-order valence-corrected chi connectivity index (χ3v) is 4.57. The van der Waals surface area contributed by atoms with Crippen LogP contribution in [0.15, 0.2) is 18.2 Å². The second-order valence-electron chi connectivity index (χ2n) is 4.14. The molecule has 1 saturated heterocycles. The third kappa shape index (κ3) is 3.21. The Morgan fingerprint density at radius 2 is 2.12 bits per heavy atom. The van der Waals surface area contributed by atoms with Crippen LogP contribution >= 0.6 is 11.6 Å². The molecule has 1 aromatic carbocycles. The molecule has 0 atom stereocenters. The summed E-state index contributed by atoms with van der Waals surface area (Å²) >= 11 is 6.23. The van der Waals surface area contributed by atoms with E-state index in [4.69, 9.17) is 11.6 Å². The van der Waals surface area contributed by atoms with Crippen LogP contribution in [0.4, 0.5) is 5.69 Å².